The van der Waals surface area contributed by atoms with Crippen LogP contribution >= 0.6 is 0 Å². The normalized spacial score (nSPS) is 22.1. The molecule has 0 spiro atoms. The molecule has 1 aromatic rings. The summed E-state index contributed by atoms with van der Waals surface area (Å²) < 4.78 is 1.89. The van der Waals surface area contributed by atoms with E-state index >= 15 is 0 Å². The Bertz CT molecular complexity index is 338. The molecule has 0 saturated heterocycles. The number of aliphatic hydroxyl groups is 1. The number of rotatable bonds is 0. The Hall–Kier alpha value is -0.900. The van der Waals surface area contributed by atoms with Crippen LogP contribution in [-0.2, 0) is 11.8 Å². The van der Waals surface area contributed by atoms with E-state index in [1.54, 1.807) is 0 Å². The summed E-state index contributed by atoms with van der Waals surface area (Å²) in [7, 11) is 0. The third-order valence-electron chi connectivity index (χ3n) is 2.60. The topological polar surface area (TPSA) is 50.9 Å². The van der Waals surface area contributed by atoms with Crippen LogP contribution in [0, 0.1) is 0 Å². The van der Waals surface area contributed by atoms with E-state index in [0.29, 0.717) is 0 Å². The Balaban J connectivity index is 2.49. The highest BCUT2D eigenvalue weighted by Crippen LogP contribution is 2.28. The Morgan fingerprint density at radius 3 is 2.71 bits per heavy atom. The Morgan fingerprint density at radius 2 is 2.07 bits per heavy atom. The highest BCUT2D eigenvalue weighted by molar-refractivity contribution is 5.08. The second-order valence-corrected chi connectivity index (χ2v) is 4.93. The van der Waals surface area contributed by atoms with E-state index in [4.69, 9.17) is 0 Å². The maximum Gasteiger partial charge on any atom is 0.140 e. The van der Waals surface area contributed by atoms with Gasteiger partial charge in [0.05, 0.1) is 0 Å². The number of fused-ring (bicyclic) bond motifs is 1. The molecule has 0 amide bonds. The van der Waals surface area contributed by atoms with Crippen LogP contribution in [0.2, 0.25) is 0 Å². The summed E-state index contributed by atoms with van der Waals surface area (Å²) in [5.41, 5.74) is -0.0520. The van der Waals surface area contributed by atoms with E-state index in [-0.39, 0.29) is 5.41 Å². The lowest BCUT2D eigenvalue weighted by atomic mass is 9.95. The van der Waals surface area contributed by atoms with E-state index in [2.05, 4.69) is 31.0 Å². The van der Waals surface area contributed by atoms with Crippen LogP contribution in [0.4, 0.5) is 0 Å². The van der Waals surface area contributed by atoms with Crippen LogP contribution in [0.15, 0.2) is 0 Å². The predicted octanol–water partition coefficient (Wildman–Crippen LogP) is 1.40. The van der Waals surface area contributed by atoms with E-state index in [1.165, 1.54) is 0 Å². The second-order valence-electron chi connectivity index (χ2n) is 4.93. The van der Waals surface area contributed by atoms with Crippen molar-refractivity contribution in [3.63, 3.8) is 0 Å². The van der Waals surface area contributed by atoms with Gasteiger partial charge in [0.25, 0.3) is 0 Å². The molecule has 2 rings (SSSR count). The molecule has 1 atom stereocenters. The predicted molar refractivity (Wildman–Crippen MR) is 52.9 cm³/mol. The minimum Gasteiger partial charge on any atom is -0.373 e. The first-order chi connectivity index (χ1) is 6.50. The van der Waals surface area contributed by atoms with Gasteiger partial charge in [0.2, 0.25) is 0 Å². The summed E-state index contributed by atoms with van der Waals surface area (Å²) >= 11 is 0. The minimum absolute atomic E-state index is 0.0520. The van der Waals surface area contributed by atoms with Crippen LogP contribution in [0.25, 0.3) is 0 Å². The van der Waals surface area contributed by atoms with Crippen molar-refractivity contribution in [2.24, 2.45) is 0 Å². The first-order valence-electron chi connectivity index (χ1n) is 5.12. The standard InChI is InChI=1S/C10H17N3O/c1-10(2,3)9-12-11-7-5-4-6-8(14)13(7)9/h8,14H,4-6H2,1-3H3. The smallest absolute Gasteiger partial charge is 0.140 e. The van der Waals surface area contributed by atoms with Gasteiger partial charge in [0.1, 0.15) is 17.9 Å². The van der Waals surface area contributed by atoms with Gasteiger partial charge < -0.3 is 5.11 Å². The largest absolute Gasteiger partial charge is 0.373 e. The van der Waals surface area contributed by atoms with Crippen molar-refractivity contribution in [2.75, 3.05) is 0 Å². The number of aromatic nitrogens is 3. The molecule has 0 radical (unpaired) electrons. The summed E-state index contributed by atoms with van der Waals surface area (Å²) in [6.45, 7) is 6.27. The van der Waals surface area contributed by atoms with Crippen molar-refractivity contribution < 1.29 is 5.11 Å². The molecular weight excluding hydrogens is 178 g/mol. The van der Waals surface area contributed by atoms with Gasteiger partial charge in [-0.2, -0.15) is 0 Å². The fraction of sp³-hybridized carbons (Fsp3) is 0.800. The first-order valence-corrected chi connectivity index (χ1v) is 5.12. The molecule has 0 fully saturated rings. The van der Waals surface area contributed by atoms with Crippen molar-refractivity contribution >= 4 is 0 Å². The van der Waals surface area contributed by atoms with Gasteiger partial charge in [0.15, 0.2) is 0 Å². The van der Waals surface area contributed by atoms with Gasteiger partial charge in [-0.25, -0.2) is 0 Å². The van der Waals surface area contributed by atoms with Gasteiger partial charge in [-0.1, -0.05) is 20.8 Å². The molecule has 0 aromatic carbocycles. The van der Waals surface area contributed by atoms with Crippen molar-refractivity contribution in [1.29, 1.82) is 0 Å². The second kappa shape index (κ2) is 3.05. The molecule has 0 bridgehead atoms. The van der Waals surface area contributed by atoms with Crippen LogP contribution in [0.3, 0.4) is 0 Å². The molecule has 0 saturated carbocycles. The minimum atomic E-state index is -0.428. The molecule has 4 heteroatoms. The van der Waals surface area contributed by atoms with Crippen LogP contribution in [0.1, 0.15) is 51.5 Å². The van der Waals surface area contributed by atoms with Crippen molar-refractivity contribution in [3.8, 4) is 0 Å². The van der Waals surface area contributed by atoms with Gasteiger partial charge in [-0.15, -0.1) is 10.2 Å². The molecular formula is C10H17N3O. The number of aliphatic hydroxyl groups excluding tert-OH is 1. The van der Waals surface area contributed by atoms with Crippen molar-refractivity contribution in [2.45, 2.75) is 51.7 Å². The molecule has 14 heavy (non-hydrogen) atoms. The van der Waals surface area contributed by atoms with Crippen molar-refractivity contribution in [3.05, 3.63) is 11.6 Å². The van der Waals surface area contributed by atoms with Crippen LogP contribution in [0.5, 0.6) is 0 Å². The summed E-state index contributed by atoms with van der Waals surface area (Å²) in [5.74, 6) is 1.81. The van der Waals surface area contributed by atoms with Gasteiger partial charge >= 0.3 is 0 Å². The fourth-order valence-electron chi connectivity index (χ4n) is 1.89. The average molecular weight is 195 g/mol. The maximum absolute atomic E-state index is 9.88. The quantitative estimate of drug-likeness (QED) is 0.680. The summed E-state index contributed by atoms with van der Waals surface area (Å²) in [5, 5.41) is 18.2. The monoisotopic (exact) mass is 195 g/mol. The molecule has 2 heterocycles. The first kappa shape index (κ1) is 9.65. The third-order valence-corrected chi connectivity index (χ3v) is 2.60. The lowest BCUT2D eigenvalue weighted by Crippen LogP contribution is -2.25. The van der Waals surface area contributed by atoms with Crippen LogP contribution in [-0.4, -0.2) is 19.9 Å². The Kier molecular flexibility index (Phi) is 2.10. The molecule has 1 aliphatic heterocycles. The third kappa shape index (κ3) is 1.43. The lowest BCUT2D eigenvalue weighted by molar-refractivity contribution is 0.0719. The Labute approximate surface area is 84.0 Å². The van der Waals surface area contributed by atoms with Gasteiger partial charge in [-0.05, 0) is 12.8 Å². The lowest BCUT2D eigenvalue weighted by Gasteiger charge is -2.26. The van der Waals surface area contributed by atoms with Gasteiger partial charge in [-0.3, -0.25) is 4.57 Å². The zero-order valence-corrected chi connectivity index (χ0v) is 8.99. The van der Waals surface area contributed by atoms with E-state index in [0.717, 1.165) is 30.9 Å². The molecule has 1 aromatic heterocycles. The van der Waals surface area contributed by atoms with E-state index < -0.39 is 6.23 Å². The molecule has 4 nitrogen and oxygen atoms in total. The molecule has 1 unspecified atom stereocenters. The summed E-state index contributed by atoms with van der Waals surface area (Å²) in [6.07, 6.45) is 2.32. The van der Waals surface area contributed by atoms with Crippen LogP contribution < -0.4 is 0 Å². The molecule has 1 N–H and O–H groups in total. The van der Waals surface area contributed by atoms with E-state index in [9.17, 15) is 5.11 Å². The van der Waals surface area contributed by atoms with Gasteiger partial charge in [0, 0.05) is 11.8 Å². The molecule has 78 valence electrons. The summed E-state index contributed by atoms with van der Waals surface area (Å²) in [4.78, 5) is 0. The summed E-state index contributed by atoms with van der Waals surface area (Å²) in [6, 6.07) is 0. The SMILES string of the molecule is CC(C)(C)c1nnc2n1C(O)CCC2. The maximum atomic E-state index is 9.88. The number of hydrogen-bond acceptors (Lipinski definition) is 3. The van der Waals surface area contributed by atoms with E-state index in [1.807, 2.05) is 4.57 Å². The zero-order chi connectivity index (χ0) is 10.3. The number of aryl methyl sites for hydroxylation is 1. The Morgan fingerprint density at radius 1 is 1.36 bits per heavy atom. The molecule has 0 aliphatic carbocycles. The highest BCUT2D eigenvalue weighted by Gasteiger charge is 2.29. The zero-order valence-electron chi connectivity index (χ0n) is 8.99. The number of hydrogen-bond donors (Lipinski definition) is 1. The highest BCUT2D eigenvalue weighted by atomic mass is 16.3. The molecule has 1 aliphatic rings. The number of nitrogens with zero attached hydrogens (tertiary/aromatic N) is 3. The van der Waals surface area contributed by atoms with Crippen molar-refractivity contribution in [1.82, 2.24) is 14.8 Å². The fourth-order valence-corrected chi connectivity index (χ4v) is 1.89. The average Bonchev–Trinajstić information content (AvgIpc) is 2.47.